The van der Waals surface area contributed by atoms with Crippen molar-refractivity contribution in [2.75, 3.05) is 0 Å². The molecule has 0 aliphatic rings. The molecule has 1 aromatic carbocycles. The highest BCUT2D eigenvalue weighted by atomic mass is 15.3. The molecule has 0 radical (unpaired) electrons. The van der Waals surface area contributed by atoms with E-state index in [9.17, 15) is 0 Å². The fourth-order valence-electron chi connectivity index (χ4n) is 2.25. The summed E-state index contributed by atoms with van der Waals surface area (Å²) in [5.41, 5.74) is 3.49. The molecule has 0 aliphatic carbocycles. The van der Waals surface area contributed by atoms with E-state index in [4.69, 9.17) is 0 Å². The summed E-state index contributed by atoms with van der Waals surface area (Å²) in [6, 6.07) is 12.3. The number of para-hydroxylation sites is 1. The van der Waals surface area contributed by atoms with Crippen LogP contribution in [0.2, 0.25) is 0 Å². The first kappa shape index (κ1) is 11.9. The third kappa shape index (κ3) is 2.48. The molecule has 0 bridgehead atoms. The van der Waals surface area contributed by atoms with Crippen LogP contribution in [0.5, 0.6) is 0 Å². The van der Waals surface area contributed by atoms with Crippen LogP contribution >= 0.6 is 0 Å². The van der Waals surface area contributed by atoms with Crippen molar-refractivity contribution in [2.24, 2.45) is 7.05 Å². The smallest absolute Gasteiger partial charge is 0.0841 e. The summed E-state index contributed by atoms with van der Waals surface area (Å²) in [4.78, 5) is 4.01. The normalized spacial score (nSPS) is 11.0. The average Bonchev–Trinajstić information content (AvgIpc) is 2.78. The van der Waals surface area contributed by atoms with E-state index >= 15 is 0 Å². The highest BCUT2D eigenvalue weighted by molar-refractivity contribution is 5.81. The monoisotopic (exact) mass is 252 g/mol. The summed E-state index contributed by atoms with van der Waals surface area (Å²) in [7, 11) is 1.98. The van der Waals surface area contributed by atoms with Gasteiger partial charge in [-0.25, -0.2) is 0 Å². The van der Waals surface area contributed by atoms with Crippen LogP contribution in [0, 0.1) is 0 Å². The standard InChI is InChI=1S/C15H16N4/c1-19-15-5-3-2-4-13(15)14(18-19)11-17-10-12-6-8-16-9-7-12/h2-9,17H,10-11H2,1H3. The number of aryl methyl sites for hydroxylation is 1. The maximum atomic E-state index is 4.56. The maximum absolute atomic E-state index is 4.56. The minimum Gasteiger partial charge on any atom is -0.307 e. The van der Waals surface area contributed by atoms with Gasteiger partial charge in [-0.05, 0) is 23.8 Å². The zero-order chi connectivity index (χ0) is 13.1. The fraction of sp³-hybridized carbons (Fsp3) is 0.200. The van der Waals surface area contributed by atoms with E-state index in [1.807, 2.05) is 42.3 Å². The van der Waals surface area contributed by atoms with Gasteiger partial charge in [0.2, 0.25) is 0 Å². The van der Waals surface area contributed by atoms with E-state index < -0.39 is 0 Å². The van der Waals surface area contributed by atoms with Crippen LogP contribution < -0.4 is 5.32 Å². The van der Waals surface area contributed by atoms with Gasteiger partial charge in [0.25, 0.3) is 0 Å². The minimum atomic E-state index is 0.768. The Morgan fingerprint density at radius 2 is 1.84 bits per heavy atom. The van der Waals surface area contributed by atoms with Crippen LogP contribution in [0.25, 0.3) is 10.9 Å². The van der Waals surface area contributed by atoms with Gasteiger partial charge in [-0.3, -0.25) is 9.67 Å². The van der Waals surface area contributed by atoms with E-state index in [0.29, 0.717) is 0 Å². The average molecular weight is 252 g/mol. The second-order valence-electron chi connectivity index (χ2n) is 4.55. The van der Waals surface area contributed by atoms with Crippen LogP contribution in [0.1, 0.15) is 11.3 Å². The lowest BCUT2D eigenvalue weighted by Gasteiger charge is -2.02. The van der Waals surface area contributed by atoms with Gasteiger partial charge in [-0.2, -0.15) is 5.10 Å². The Bertz CT molecular complexity index is 673. The Labute approximate surface area is 112 Å². The number of pyridine rings is 1. The van der Waals surface area contributed by atoms with Crippen LogP contribution in [-0.2, 0) is 20.1 Å². The van der Waals surface area contributed by atoms with Gasteiger partial charge >= 0.3 is 0 Å². The van der Waals surface area contributed by atoms with Crippen LogP contribution in [0.4, 0.5) is 0 Å². The molecule has 0 amide bonds. The second kappa shape index (κ2) is 5.20. The van der Waals surface area contributed by atoms with Crippen molar-refractivity contribution in [1.29, 1.82) is 0 Å². The number of benzene rings is 1. The van der Waals surface area contributed by atoms with E-state index in [1.165, 1.54) is 16.5 Å². The van der Waals surface area contributed by atoms with Gasteiger partial charge in [0.05, 0.1) is 11.2 Å². The van der Waals surface area contributed by atoms with Crippen molar-refractivity contribution in [1.82, 2.24) is 20.1 Å². The molecule has 0 saturated carbocycles. The Kier molecular flexibility index (Phi) is 3.25. The van der Waals surface area contributed by atoms with Crippen molar-refractivity contribution in [3.05, 3.63) is 60.0 Å². The number of rotatable bonds is 4. The molecule has 2 aromatic heterocycles. The summed E-state index contributed by atoms with van der Waals surface area (Å²) in [5.74, 6) is 0. The molecule has 4 heteroatoms. The van der Waals surface area contributed by atoms with Gasteiger partial charge in [-0.1, -0.05) is 18.2 Å². The van der Waals surface area contributed by atoms with Crippen LogP contribution in [0.15, 0.2) is 48.8 Å². The lowest BCUT2D eigenvalue weighted by Crippen LogP contribution is -2.13. The van der Waals surface area contributed by atoms with E-state index in [-0.39, 0.29) is 0 Å². The first-order chi connectivity index (χ1) is 9.34. The first-order valence-corrected chi connectivity index (χ1v) is 6.35. The Morgan fingerprint density at radius 3 is 2.68 bits per heavy atom. The van der Waals surface area contributed by atoms with Crippen molar-refractivity contribution in [2.45, 2.75) is 13.1 Å². The zero-order valence-electron chi connectivity index (χ0n) is 10.9. The molecule has 19 heavy (non-hydrogen) atoms. The van der Waals surface area contributed by atoms with Crippen molar-refractivity contribution in [3.63, 3.8) is 0 Å². The Hall–Kier alpha value is -2.20. The number of fused-ring (bicyclic) bond motifs is 1. The maximum Gasteiger partial charge on any atom is 0.0841 e. The molecular formula is C15H16N4. The molecule has 1 N–H and O–H groups in total. The topological polar surface area (TPSA) is 42.7 Å². The fourth-order valence-corrected chi connectivity index (χ4v) is 2.25. The highest BCUT2D eigenvalue weighted by Crippen LogP contribution is 2.17. The third-order valence-corrected chi connectivity index (χ3v) is 3.21. The van der Waals surface area contributed by atoms with Crippen LogP contribution in [-0.4, -0.2) is 14.8 Å². The van der Waals surface area contributed by atoms with Crippen molar-refractivity contribution in [3.8, 4) is 0 Å². The molecule has 0 unspecified atom stereocenters. The molecule has 0 saturated heterocycles. The summed E-state index contributed by atoms with van der Waals surface area (Å²) in [6.45, 7) is 1.59. The molecule has 96 valence electrons. The lowest BCUT2D eigenvalue weighted by atomic mass is 10.2. The number of hydrogen-bond acceptors (Lipinski definition) is 3. The number of nitrogens with zero attached hydrogens (tertiary/aromatic N) is 3. The van der Waals surface area contributed by atoms with Gasteiger partial charge in [0.15, 0.2) is 0 Å². The summed E-state index contributed by atoms with van der Waals surface area (Å²) in [5, 5.41) is 9.20. The molecule has 0 atom stereocenters. The SMILES string of the molecule is Cn1nc(CNCc2ccncc2)c2ccccc21. The highest BCUT2D eigenvalue weighted by Gasteiger charge is 2.06. The first-order valence-electron chi connectivity index (χ1n) is 6.35. The largest absolute Gasteiger partial charge is 0.307 e. The van der Waals surface area contributed by atoms with Gasteiger partial charge < -0.3 is 5.32 Å². The van der Waals surface area contributed by atoms with E-state index in [1.54, 1.807) is 0 Å². The summed E-state index contributed by atoms with van der Waals surface area (Å²) >= 11 is 0. The summed E-state index contributed by atoms with van der Waals surface area (Å²) < 4.78 is 1.93. The lowest BCUT2D eigenvalue weighted by molar-refractivity contribution is 0.661. The van der Waals surface area contributed by atoms with Crippen molar-refractivity contribution >= 4 is 10.9 Å². The van der Waals surface area contributed by atoms with Gasteiger partial charge in [0.1, 0.15) is 0 Å². The Balaban J connectivity index is 1.72. The molecular weight excluding hydrogens is 236 g/mol. The zero-order valence-corrected chi connectivity index (χ0v) is 10.9. The third-order valence-electron chi connectivity index (χ3n) is 3.21. The molecule has 0 spiro atoms. The quantitative estimate of drug-likeness (QED) is 0.774. The van der Waals surface area contributed by atoms with Gasteiger partial charge in [0, 0.05) is 37.9 Å². The van der Waals surface area contributed by atoms with Crippen molar-refractivity contribution < 1.29 is 0 Å². The van der Waals surface area contributed by atoms with Gasteiger partial charge in [-0.15, -0.1) is 0 Å². The predicted octanol–water partition coefficient (Wildman–Crippen LogP) is 2.26. The number of aromatic nitrogens is 3. The predicted molar refractivity (Wildman–Crippen MR) is 75.5 cm³/mol. The van der Waals surface area contributed by atoms with E-state index in [0.717, 1.165) is 18.8 Å². The molecule has 3 rings (SSSR count). The molecule has 4 nitrogen and oxygen atoms in total. The molecule has 3 aromatic rings. The number of nitrogens with one attached hydrogen (secondary N) is 1. The minimum absolute atomic E-state index is 0.768. The second-order valence-corrected chi connectivity index (χ2v) is 4.55. The Morgan fingerprint density at radius 1 is 1.05 bits per heavy atom. The molecule has 2 heterocycles. The molecule has 0 fully saturated rings. The summed E-state index contributed by atoms with van der Waals surface area (Å²) in [6.07, 6.45) is 3.63. The number of hydrogen-bond donors (Lipinski definition) is 1. The van der Waals surface area contributed by atoms with Crippen LogP contribution in [0.3, 0.4) is 0 Å². The van der Waals surface area contributed by atoms with E-state index in [2.05, 4.69) is 33.6 Å². The molecule has 0 aliphatic heterocycles.